The Morgan fingerprint density at radius 1 is 0.493 bits per heavy atom. The zero-order chi connectivity index (χ0) is 53.6. The van der Waals surface area contributed by atoms with Gasteiger partial charge in [0.05, 0.1) is 33.8 Å². The van der Waals surface area contributed by atoms with Gasteiger partial charge in [-0.1, -0.05) is 275 Å². The summed E-state index contributed by atoms with van der Waals surface area (Å²) in [5.74, 6) is -0.544. The van der Waals surface area contributed by atoms with Crippen LogP contribution in [0.15, 0.2) is 48.6 Å². The number of rotatable bonds is 56. The van der Waals surface area contributed by atoms with Gasteiger partial charge in [-0.25, -0.2) is 0 Å². The van der Waals surface area contributed by atoms with E-state index >= 15 is 0 Å². The summed E-state index contributed by atoms with van der Waals surface area (Å²) in [6.07, 6.45) is 65.0. The van der Waals surface area contributed by atoms with Crippen molar-refractivity contribution in [2.45, 2.75) is 303 Å². The quantitative estimate of drug-likeness (QED) is 0.0161. The van der Waals surface area contributed by atoms with Gasteiger partial charge in [-0.15, -0.1) is 0 Å². The maximum atomic E-state index is 13.5. The lowest BCUT2D eigenvalue weighted by molar-refractivity contribution is -0.870. The molecule has 1 N–H and O–H groups in total. The van der Waals surface area contributed by atoms with Crippen molar-refractivity contribution in [2.24, 2.45) is 0 Å². The molecule has 0 aromatic rings. The van der Waals surface area contributed by atoms with E-state index in [0.717, 1.165) is 77.0 Å². The largest absolute Gasteiger partial charge is 0.756 e. The molecule has 0 fully saturated rings. The van der Waals surface area contributed by atoms with Gasteiger partial charge in [-0.3, -0.25) is 14.2 Å². The van der Waals surface area contributed by atoms with E-state index in [9.17, 15) is 19.0 Å². The van der Waals surface area contributed by atoms with E-state index in [1.807, 2.05) is 33.3 Å². The highest BCUT2D eigenvalue weighted by Crippen LogP contribution is 2.38. The van der Waals surface area contributed by atoms with Crippen LogP contribution in [0.2, 0.25) is 0 Å². The molecular formula is C63H119N2O7P. The van der Waals surface area contributed by atoms with Gasteiger partial charge in [-0.2, -0.15) is 0 Å². The summed E-state index contributed by atoms with van der Waals surface area (Å²) in [6.45, 7) is 6.74. The zero-order valence-corrected chi connectivity index (χ0v) is 49.7. The first-order valence-corrected chi connectivity index (χ1v) is 32.4. The van der Waals surface area contributed by atoms with Crippen LogP contribution in [0.4, 0.5) is 0 Å². The number of allylic oxidation sites excluding steroid dienone is 7. The number of phosphoric ester groups is 1. The highest BCUT2D eigenvalue weighted by atomic mass is 31.2. The van der Waals surface area contributed by atoms with Gasteiger partial charge in [-0.05, 0) is 51.0 Å². The highest BCUT2D eigenvalue weighted by Gasteiger charge is 2.27. The fourth-order valence-electron chi connectivity index (χ4n) is 9.05. The first-order valence-electron chi connectivity index (χ1n) is 31.0. The van der Waals surface area contributed by atoms with Crippen molar-refractivity contribution in [3.8, 4) is 0 Å². The molecule has 0 aromatic carbocycles. The topological polar surface area (TPSA) is 114 Å². The Morgan fingerprint density at radius 2 is 0.877 bits per heavy atom. The van der Waals surface area contributed by atoms with Gasteiger partial charge >= 0.3 is 5.97 Å². The number of hydrogen-bond donors (Lipinski definition) is 1. The van der Waals surface area contributed by atoms with E-state index in [2.05, 4.69) is 62.5 Å². The molecule has 0 rings (SSSR count). The number of phosphoric acid groups is 1. The fraction of sp³-hybridized carbons (Fsp3) is 0.841. The van der Waals surface area contributed by atoms with Crippen molar-refractivity contribution in [1.82, 2.24) is 5.32 Å². The van der Waals surface area contributed by atoms with Gasteiger partial charge in [0, 0.05) is 12.8 Å². The number of carbonyl (C=O) groups excluding carboxylic acids is 2. The molecule has 0 aromatic heterocycles. The second kappa shape index (κ2) is 53.4. The molecule has 0 spiro atoms. The van der Waals surface area contributed by atoms with E-state index in [4.69, 9.17) is 13.8 Å². The Hall–Kier alpha value is -2.03. The summed E-state index contributed by atoms with van der Waals surface area (Å²) in [6, 6.07) is -0.890. The first kappa shape index (κ1) is 71.0. The SMILES string of the molecule is CC/C=C/C=C/C=C/CCCCCCCCCC(=O)OC(/C=C/CCCCCCCCCCCCC)C(COP(=O)([O-])OCC[N+](C)(C)C)NC(=O)CCCCCCCCCCCCCCCCCCCCC. The maximum Gasteiger partial charge on any atom is 0.306 e. The van der Waals surface area contributed by atoms with Crippen LogP contribution >= 0.6 is 7.82 Å². The Bertz CT molecular complexity index is 1390. The number of likely N-dealkylation sites (N-methyl/N-ethyl adjacent to an activating group) is 1. The van der Waals surface area contributed by atoms with Crippen molar-refractivity contribution in [3.63, 3.8) is 0 Å². The van der Waals surface area contributed by atoms with Crippen LogP contribution in [0.5, 0.6) is 0 Å². The third-order valence-corrected chi connectivity index (χ3v) is 14.8. The molecule has 3 atom stereocenters. The van der Waals surface area contributed by atoms with Crippen LogP contribution in [0.25, 0.3) is 0 Å². The molecule has 0 radical (unpaired) electrons. The minimum absolute atomic E-state index is 0.0232. The molecule has 0 aliphatic carbocycles. The summed E-state index contributed by atoms with van der Waals surface area (Å²) in [5.41, 5.74) is 0. The Morgan fingerprint density at radius 3 is 1.30 bits per heavy atom. The molecule has 9 nitrogen and oxygen atoms in total. The second-order valence-corrected chi connectivity index (χ2v) is 23.7. The normalized spacial score (nSPS) is 14.0. The summed E-state index contributed by atoms with van der Waals surface area (Å²) < 4.78 is 30.3. The van der Waals surface area contributed by atoms with Gasteiger partial charge in [0.2, 0.25) is 5.91 Å². The molecule has 0 aliphatic heterocycles. The van der Waals surface area contributed by atoms with E-state index in [1.54, 1.807) is 0 Å². The van der Waals surface area contributed by atoms with Crippen molar-refractivity contribution < 1.29 is 37.3 Å². The lowest BCUT2D eigenvalue weighted by Gasteiger charge is -2.30. The summed E-state index contributed by atoms with van der Waals surface area (Å²) in [7, 11) is 1.18. The smallest absolute Gasteiger partial charge is 0.306 e. The van der Waals surface area contributed by atoms with Crippen LogP contribution in [0.1, 0.15) is 290 Å². The van der Waals surface area contributed by atoms with Gasteiger partial charge < -0.3 is 28.5 Å². The molecule has 0 saturated carbocycles. The van der Waals surface area contributed by atoms with E-state index in [-0.39, 0.29) is 31.5 Å². The molecule has 0 heterocycles. The van der Waals surface area contributed by atoms with Crippen LogP contribution in [-0.2, 0) is 27.9 Å². The second-order valence-electron chi connectivity index (χ2n) is 22.2. The van der Waals surface area contributed by atoms with Gasteiger partial charge in [0.1, 0.15) is 19.3 Å². The van der Waals surface area contributed by atoms with Crippen LogP contribution < -0.4 is 10.2 Å². The Labute approximate surface area is 452 Å². The molecule has 73 heavy (non-hydrogen) atoms. The maximum absolute atomic E-state index is 13.5. The molecule has 10 heteroatoms. The summed E-state index contributed by atoms with van der Waals surface area (Å²) in [5, 5.41) is 3.03. The number of amides is 1. The average molecular weight is 1050 g/mol. The number of hydrogen-bond acceptors (Lipinski definition) is 7. The highest BCUT2D eigenvalue weighted by molar-refractivity contribution is 7.45. The number of unbranched alkanes of at least 4 members (excludes halogenated alkanes) is 36. The lowest BCUT2D eigenvalue weighted by atomic mass is 10.0. The third-order valence-electron chi connectivity index (χ3n) is 13.8. The fourth-order valence-corrected chi connectivity index (χ4v) is 9.78. The molecule has 0 saturated heterocycles. The molecule has 1 amide bonds. The predicted molar refractivity (Wildman–Crippen MR) is 312 cm³/mol. The lowest BCUT2D eigenvalue weighted by Crippen LogP contribution is -2.47. The van der Waals surface area contributed by atoms with Gasteiger partial charge in [0.15, 0.2) is 0 Å². The number of ether oxygens (including phenoxy) is 1. The standard InChI is InChI=1S/C63H119N2O7P/c1-7-10-13-16-19-22-25-28-30-31-32-33-35-37-40-43-46-49-52-55-62(66)64-60(59-71-73(68,69)70-58-57-65(4,5)6)61(54-51-48-45-42-39-36-27-24-21-18-15-12-9-3)72-63(67)56-53-50-47-44-41-38-34-29-26-23-20-17-14-11-8-2/h11,14,17,20,23,26,51,54,60-61H,7-10,12-13,15-16,18-19,21-22,24-25,27-50,52-53,55-59H2,1-6H3,(H-,64,66,68,69)/b14-11+,20-17+,26-23+,54-51+. The van der Waals surface area contributed by atoms with Crippen LogP contribution in [0, 0.1) is 0 Å². The van der Waals surface area contributed by atoms with E-state index in [0.29, 0.717) is 17.4 Å². The van der Waals surface area contributed by atoms with Crippen molar-refractivity contribution in [2.75, 3.05) is 40.9 Å². The van der Waals surface area contributed by atoms with Crippen molar-refractivity contribution in [1.29, 1.82) is 0 Å². The van der Waals surface area contributed by atoms with Gasteiger partial charge in [0.25, 0.3) is 7.82 Å². The predicted octanol–water partition coefficient (Wildman–Crippen LogP) is 18.3. The monoisotopic (exact) mass is 1050 g/mol. The molecule has 3 unspecified atom stereocenters. The summed E-state index contributed by atoms with van der Waals surface area (Å²) in [4.78, 5) is 40.0. The zero-order valence-electron chi connectivity index (χ0n) is 48.8. The first-order chi connectivity index (χ1) is 35.4. The number of nitrogens with zero attached hydrogens (tertiary/aromatic N) is 1. The third kappa shape index (κ3) is 54.6. The number of esters is 1. The number of carbonyl (C=O) groups is 2. The van der Waals surface area contributed by atoms with Crippen molar-refractivity contribution in [3.05, 3.63) is 48.6 Å². The number of nitrogens with one attached hydrogen (secondary N) is 1. The van der Waals surface area contributed by atoms with Crippen LogP contribution in [-0.4, -0.2) is 69.4 Å². The average Bonchev–Trinajstić information content (AvgIpc) is 3.35. The Kier molecular flexibility index (Phi) is 51.9. The summed E-state index contributed by atoms with van der Waals surface area (Å²) >= 11 is 0. The molecular weight excluding hydrogens is 928 g/mol. The van der Waals surface area contributed by atoms with Crippen molar-refractivity contribution >= 4 is 19.7 Å². The van der Waals surface area contributed by atoms with Crippen LogP contribution in [0.3, 0.4) is 0 Å². The molecule has 428 valence electrons. The molecule has 0 aliphatic rings. The molecule has 0 bridgehead atoms. The minimum Gasteiger partial charge on any atom is -0.756 e. The number of quaternary nitrogens is 1. The van der Waals surface area contributed by atoms with E-state index in [1.165, 1.54) is 180 Å². The minimum atomic E-state index is -4.70. The Balaban J connectivity index is 5.26. The van der Waals surface area contributed by atoms with E-state index < -0.39 is 20.0 Å².